The van der Waals surface area contributed by atoms with Gasteiger partial charge in [-0.2, -0.15) is 0 Å². The number of non-ortho nitro benzene ring substituents is 1. The number of nitrogens with one attached hydrogen (secondary N) is 2. The number of pyridine rings is 1. The molecule has 1 aromatic heterocycles. The number of H-pyrrole nitrogens is 1. The first kappa shape index (κ1) is 13.5. The number of amides is 1. The molecule has 2 N–H and O–H groups in total. The summed E-state index contributed by atoms with van der Waals surface area (Å²) in [4.78, 5) is 35.3. The number of nitrogens with zero attached hydrogens (tertiary/aromatic N) is 1. The van der Waals surface area contributed by atoms with Crippen LogP contribution in [0.25, 0.3) is 0 Å². The SMILES string of the molecule is O=C(NCc1ccc([N+](=O)[O-])cc1)c1cc[nH]c(=O)c1. The molecule has 2 aromatic rings. The van der Waals surface area contributed by atoms with Gasteiger partial charge in [-0.25, -0.2) is 0 Å². The van der Waals surface area contributed by atoms with Gasteiger partial charge in [-0.3, -0.25) is 19.7 Å². The Morgan fingerprint density at radius 1 is 1.25 bits per heavy atom. The van der Waals surface area contributed by atoms with E-state index in [1.807, 2.05) is 0 Å². The summed E-state index contributed by atoms with van der Waals surface area (Å²) in [6.45, 7) is 0.226. The molecule has 0 spiro atoms. The predicted molar refractivity (Wildman–Crippen MR) is 71.3 cm³/mol. The van der Waals surface area contributed by atoms with Gasteiger partial charge in [-0.15, -0.1) is 0 Å². The lowest BCUT2D eigenvalue weighted by atomic mass is 10.2. The second-order valence-corrected chi connectivity index (χ2v) is 4.05. The Bertz CT molecular complexity index is 691. The Hall–Kier alpha value is -2.96. The van der Waals surface area contributed by atoms with Crippen LogP contribution in [-0.4, -0.2) is 15.8 Å². The van der Waals surface area contributed by atoms with Gasteiger partial charge in [0.25, 0.3) is 11.6 Å². The number of rotatable bonds is 4. The highest BCUT2D eigenvalue weighted by molar-refractivity contribution is 5.93. The molecular weight excluding hydrogens is 262 g/mol. The minimum absolute atomic E-state index is 0.00494. The summed E-state index contributed by atoms with van der Waals surface area (Å²) in [6.07, 6.45) is 1.39. The van der Waals surface area contributed by atoms with Crippen LogP contribution in [0.4, 0.5) is 5.69 Å². The minimum atomic E-state index is -0.487. The molecular formula is C13H11N3O4. The predicted octanol–water partition coefficient (Wildman–Crippen LogP) is 1.21. The molecule has 1 heterocycles. The average molecular weight is 273 g/mol. The molecule has 0 radical (unpaired) electrons. The summed E-state index contributed by atoms with van der Waals surface area (Å²) in [5, 5.41) is 13.1. The first-order valence-corrected chi connectivity index (χ1v) is 5.76. The molecule has 0 fully saturated rings. The van der Waals surface area contributed by atoms with E-state index in [-0.39, 0.29) is 29.3 Å². The number of hydrogen-bond donors (Lipinski definition) is 2. The smallest absolute Gasteiger partial charge is 0.269 e. The molecule has 0 aliphatic heterocycles. The van der Waals surface area contributed by atoms with Crippen LogP contribution in [0.3, 0.4) is 0 Å². The third-order valence-electron chi connectivity index (χ3n) is 2.64. The molecule has 1 amide bonds. The van der Waals surface area contributed by atoms with E-state index in [0.717, 1.165) is 5.56 Å². The Morgan fingerprint density at radius 2 is 1.95 bits per heavy atom. The summed E-state index contributed by atoms with van der Waals surface area (Å²) in [6, 6.07) is 8.56. The maximum absolute atomic E-state index is 11.8. The van der Waals surface area contributed by atoms with E-state index < -0.39 is 4.92 Å². The molecule has 0 saturated heterocycles. The molecule has 0 bridgehead atoms. The number of hydrogen-bond acceptors (Lipinski definition) is 4. The van der Waals surface area contributed by atoms with Crippen molar-refractivity contribution in [2.24, 2.45) is 0 Å². The molecule has 0 aliphatic carbocycles. The Balaban J connectivity index is 2.00. The van der Waals surface area contributed by atoms with Gasteiger partial charge >= 0.3 is 0 Å². The Morgan fingerprint density at radius 3 is 2.55 bits per heavy atom. The zero-order valence-electron chi connectivity index (χ0n) is 10.3. The van der Waals surface area contributed by atoms with Gasteiger partial charge in [0.1, 0.15) is 0 Å². The van der Waals surface area contributed by atoms with Crippen LogP contribution in [0, 0.1) is 10.1 Å². The number of nitro groups is 1. The van der Waals surface area contributed by atoms with E-state index in [0.29, 0.717) is 0 Å². The fraction of sp³-hybridized carbons (Fsp3) is 0.0769. The molecule has 20 heavy (non-hydrogen) atoms. The molecule has 2 rings (SSSR count). The van der Waals surface area contributed by atoms with Gasteiger partial charge < -0.3 is 10.3 Å². The van der Waals surface area contributed by atoms with Crippen molar-refractivity contribution >= 4 is 11.6 Å². The molecule has 0 unspecified atom stereocenters. The normalized spacial score (nSPS) is 10.0. The van der Waals surface area contributed by atoms with E-state index in [9.17, 15) is 19.7 Å². The van der Waals surface area contributed by atoms with Crippen LogP contribution in [-0.2, 0) is 6.54 Å². The summed E-state index contributed by atoms with van der Waals surface area (Å²) >= 11 is 0. The molecule has 0 atom stereocenters. The van der Waals surface area contributed by atoms with Crippen molar-refractivity contribution < 1.29 is 9.72 Å². The standard InChI is InChI=1S/C13H11N3O4/c17-12-7-10(5-6-14-12)13(18)15-8-9-1-3-11(4-2-9)16(19)20/h1-7H,8H2,(H,14,17)(H,15,18). The first-order chi connectivity index (χ1) is 9.56. The van der Waals surface area contributed by atoms with E-state index in [2.05, 4.69) is 10.3 Å². The fourth-order valence-corrected chi connectivity index (χ4v) is 1.61. The zero-order chi connectivity index (χ0) is 14.5. The number of aromatic nitrogens is 1. The van der Waals surface area contributed by atoms with Crippen LogP contribution in [0.5, 0.6) is 0 Å². The highest BCUT2D eigenvalue weighted by Crippen LogP contribution is 2.11. The lowest BCUT2D eigenvalue weighted by Crippen LogP contribution is -2.24. The Labute approximate surface area is 113 Å². The Kier molecular flexibility index (Phi) is 3.90. The number of aromatic amines is 1. The van der Waals surface area contributed by atoms with Crippen molar-refractivity contribution in [2.75, 3.05) is 0 Å². The summed E-state index contributed by atoms with van der Waals surface area (Å²) in [7, 11) is 0. The molecule has 0 aliphatic rings. The quantitative estimate of drug-likeness (QED) is 0.645. The lowest BCUT2D eigenvalue weighted by molar-refractivity contribution is -0.384. The van der Waals surface area contributed by atoms with Crippen molar-refractivity contribution in [1.82, 2.24) is 10.3 Å². The van der Waals surface area contributed by atoms with Gasteiger partial charge in [0, 0.05) is 36.5 Å². The van der Waals surface area contributed by atoms with Gasteiger partial charge in [-0.1, -0.05) is 12.1 Å². The molecule has 7 heteroatoms. The van der Waals surface area contributed by atoms with Crippen LogP contribution < -0.4 is 10.9 Å². The highest BCUT2D eigenvalue weighted by Gasteiger charge is 2.07. The topological polar surface area (TPSA) is 105 Å². The molecule has 102 valence electrons. The maximum atomic E-state index is 11.8. The van der Waals surface area contributed by atoms with Gasteiger partial charge in [0.2, 0.25) is 5.56 Å². The average Bonchev–Trinajstić information content (AvgIpc) is 2.45. The summed E-state index contributed by atoms with van der Waals surface area (Å²) in [5.41, 5.74) is 0.632. The van der Waals surface area contributed by atoms with E-state index >= 15 is 0 Å². The number of nitro benzene ring substituents is 1. The zero-order valence-corrected chi connectivity index (χ0v) is 10.3. The molecule has 7 nitrogen and oxygen atoms in total. The van der Waals surface area contributed by atoms with Gasteiger partial charge in [-0.05, 0) is 11.6 Å². The number of benzene rings is 1. The number of carbonyl (C=O) groups excluding carboxylic acids is 1. The van der Waals surface area contributed by atoms with Gasteiger partial charge in [0.05, 0.1) is 4.92 Å². The fourth-order valence-electron chi connectivity index (χ4n) is 1.61. The maximum Gasteiger partial charge on any atom is 0.269 e. The van der Waals surface area contributed by atoms with Crippen molar-refractivity contribution in [3.8, 4) is 0 Å². The van der Waals surface area contributed by atoms with Crippen LogP contribution in [0.1, 0.15) is 15.9 Å². The van der Waals surface area contributed by atoms with Crippen LogP contribution >= 0.6 is 0 Å². The first-order valence-electron chi connectivity index (χ1n) is 5.76. The minimum Gasteiger partial charge on any atom is -0.348 e. The van der Waals surface area contributed by atoms with E-state index in [4.69, 9.17) is 0 Å². The number of carbonyl (C=O) groups is 1. The van der Waals surface area contributed by atoms with Crippen molar-refractivity contribution in [3.63, 3.8) is 0 Å². The third kappa shape index (κ3) is 3.29. The highest BCUT2D eigenvalue weighted by atomic mass is 16.6. The summed E-state index contributed by atoms with van der Waals surface area (Å²) < 4.78 is 0. The molecule has 1 aromatic carbocycles. The van der Waals surface area contributed by atoms with Crippen molar-refractivity contribution in [2.45, 2.75) is 6.54 Å². The third-order valence-corrected chi connectivity index (χ3v) is 2.64. The van der Waals surface area contributed by atoms with E-state index in [1.54, 1.807) is 12.1 Å². The van der Waals surface area contributed by atoms with Crippen LogP contribution in [0.2, 0.25) is 0 Å². The second kappa shape index (κ2) is 5.79. The van der Waals surface area contributed by atoms with Gasteiger partial charge in [0.15, 0.2) is 0 Å². The van der Waals surface area contributed by atoms with Crippen molar-refractivity contribution in [1.29, 1.82) is 0 Å². The van der Waals surface area contributed by atoms with E-state index in [1.165, 1.54) is 30.5 Å². The summed E-state index contributed by atoms with van der Waals surface area (Å²) in [5.74, 6) is -0.380. The lowest BCUT2D eigenvalue weighted by Gasteiger charge is -2.04. The molecule has 0 saturated carbocycles. The van der Waals surface area contributed by atoms with Crippen molar-refractivity contribution in [3.05, 3.63) is 74.2 Å². The monoisotopic (exact) mass is 273 g/mol. The second-order valence-electron chi connectivity index (χ2n) is 4.05. The largest absolute Gasteiger partial charge is 0.348 e. The van der Waals surface area contributed by atoms with Crippen LogP contribution in [0.15, 0.2) is 47.4 Å².